The molecule has 2 amide bonds. The molecule has 4 heterocycles. The van der Waals surface area contributed by atoms with Crippen molar-refractivity contribution in [3.63, 3.8) is 0 Å². The number of hydrogen-bond donors (Lipinski definition) is 1. The fraction of sp³-hybridized carbons (Fsp3) is 0.229. The van der Waals surface area contributed by atoms with Crippen molar-refractivity contribution in [2.45, 2.75) is 43.4 Å². The molecular weight excluding hydrogens is 606 g/mol. The minimum atomic E-state index is -3.87. The molecule has 11 heteroatoms. The van der Waals surface area contributed by atoms with Crippen LogP contribution in [0.1, 0.15) is 54.6 Å². The SMILES string of the molecule is CC1(C)c2cc(CCOC(=O)CN3C(=O)CCC3=O)ccc2-[n+]2ccc(C(C#N)=CC=CC3=C(O)c4ccccc4S3(=O)=O)cc21. The molecule has 6 rings (SSSR count). The van der Waals surface area contributed by atoms with Crippen molar-refractivity contribution >= 4 is 39.0 Å². The summed E-state index contributed by atoms with van der Waals surface area (Å²) in [6.45, 7) is 3.89. The molecule has 232 valence electrons. The molecule has 1 fully saturated rings. The number of nitrogens with zero attached hydrogens (tertiary/aromatic N) is 3. The Morgan fingerprint density at radius 1 is 1.11 bits per heavy atom. The minimum Gasteiger partial charge on any atom is -0.506 e. The van der Waals surface area contributed by atoms with Gasteiger partial charge in [0, 0.05) is 54.2 Å². The van der Waals surface area contributed by atoms with Gasteiger partial charge in [0.25, 0.3) is 0 Å². The van der Waals surface area contributed by atoms with Gasteiger partial charge in [-0.05, 0) is 49.8 Å². The highest BCUT2D eigenvalue weighted by atomic mass is 32.2. The van der Waals surface area contributed by atoms with Crippen molar-refractivity contribution in [3.8, 4) is 11.8 Å². The van der Waals surface area contributed by atoms with Gasteiger partial charge in [0.2, 0.25) is 27.3 Å². The van der Waals surface area contributed by atoms with Crippen LogP contribution in [0.3, 0.4) is 0 Å². The fourth-order valence-electron chi connectivity index (χ4n) is 6.08. The van der Waals surface area contributed by atoms with Crippen LogP contribution in [0.4, 0.5) is 0 Å². The van der Waals surface area contributed by atoms with Gasteiger partial charge in [0.05, 0.1) is 28.6 Å². The van der Waals surface area contributed by atoms with E-state index in [-0.39, 0.29) is 58.9 Å². The smallest absolute Gasteiger partial charge is 0.326 e. The molecule has 46 heavy (non-hydrogen) atoms. The Kier molecular flexibility index (Phi) is 7.70. The zero-order valence-electron chi connectivity index (χ0n) is 25.2. The summed E-state index contributed by atoms with van der Waals surface area (Å²) in [4.78, 5) is 36.5. The van der Waals surface area contributed by atoms with E-state index in [0.29, 0.717) is 17.6 Å². The first-order chi connectivity index (χ1) is 21.9. The number of fused-ring (bicyclic) bond motifs is 4. The number of esters is 1. The molecule has 3 aromatic rings. The van der Waals surface area contributed by atoms with E-state index in [9.17, 15) is 33.2 Å². The van der Waals surface area contributed by atoms with E-state index in [2.05, 4.69) is 30.6 Å². The van der Waals surface area contributed by atoms with E-state index in [1.807, 2.05) is 30.5 Å². The van der Waals surface area contributed by atoms with Crippen LogP contribution >= 0.6 is 0 Å². The van der Waals surface area contributed by atoms with Gasteiger partial charge < -0.3 is 9.84 Å². The van der Waals surface area contributed by atoms with Crippen LogP contribution < -0.4 is 4.57 Å². The van der Waals surface area contributed by atoms with Crippen molar-refractivity contribution in [1.82, 2.24) is 4.90 Å². The maximum atomic E-state index is 12.9. The predicted molar refractivity (Wildman–Crippen MR) is 167 cm³/mol. The molecule has 2 aromatic carbocycles. The molecule has 0 radical (unpaired) electrons. The third-order valence-electron chi connectivity index (χ3n) is 8.58. The number of aliphatic hydroxyl groups excluding tert-OH is 1. The predicted octanol–water partition coefficient (Wildman–Crippen LogP) is 4.01. The Hall–Kier alpha value is -5.34. The second-order valence-corrected chi connectivity index (χ2v) is 13.6. The van der Waals surface area contributed by atoms with Gasteiger partial charge in [0.1, 0.15) is 17.2 Å². The Balaban J connectivity index is 1.17. The van der Waals surface area contributed by atoms with E-state index in [0.717, 1.165) is 27.4 Å². The molecular formula is C35H30N3O7S+. The first-order valence-electron chi connectivity index (χ1n) is 14.7. The summed E-state index contributed by atoms with van der Waals surface area (Å²) in [7, 11) is -3.87. The first-order valence-corrected chi connectivity index (χ1v) is 16.2. The number of carbonyl (C=O) groups excluding carboxylic acids is 3. The van der Waals surface area contributed by atoms with Gasteiger partial charge in [0.15, 0.2) is 11.9 Å². The number of hydrogen-bond acceptors (Lipinski definition) is 8. The van der Waals surface area contributed by atoms with E-state index >= 15 is 0 Å². The van der Waals surface area contributed by atoms with E-state index in [1.54, 1.807) is 18.2 Å². The van der Waals surface area contributed by atoms with E-state index in [1.165, 1.54) is 24.3 Å². The van der Waals surface area contributed by atoms with Gasteiger partial charge in [-0.3, -0.25) is 19.3 Å². The number of pyridine rings is 1. The topological polar surface area (TPSA) is 146 Å². The molecule has 0 aliphatic carbocycles. The van der Waals surface area contributed by atoms with Gasteiger partial charge in [-0.1, -0.05) is 24.3 Å². The van der Waals surface area contributed by atoms with Gasteiger partial charge in [-0.15, -0.1) is 0 Å². The molecule has 0 bridgehead atoms. The maximum Gasteiger partial charge on any atom is 0.326 e. The Morgan fingerprint density at radius 3 is 2.57 bits per heavy atom. The number of sulfone groups is 1. The highest BCUT2D eigenvalue weighted by molar-refractivity contribution is 7.96. The quantitative estimate of drug-likeness (QED) is 0.128. The number of rotatable bonds is 8. The molecule has 0 atom stereocenters. The highest BCUT2D eigenvalue weighted by Crippen LogP contribution is 2.40. The lowest BCUT2D eigenvalue weighted by molar-refractivity contribution is -0.599. The van der Waals surface area contributed by atoms with Crippen LogP contribution in [0.2, 0.25) is 0 Å². The summed E-state index contributed by atoms with van der Waals surface area (Å²) in [5, 5.41) is 20.5. The summed E-state index contributed by atoms with van der Waals surface area (Å²) >= 11 is 0. The molecule has 0 unspecified atom stereocenters. The van der Waals surface area contributed by atoms with Crippen LogP contribution in [-0.4, -0.2) is 49.4 Å². The highest BCUT2D eigenvalue weighted by Gasteiger charge is 2.44. The van der Waals surface area contributed by atoms with Crippen LogP contribution in [0.5, 0.6) is 0 Å². The van der Waals surface area contributed by atoms with Gasteiger partial charge in [-0.2, -0.15) is 9.83 Å². The number of amides is 2. The summed E-state index contributed by atoms with van der Waals surface area (Å²) in [6, 6.07) is 18.2. The summed E-state index contributed by atoms with van der Waals surface area (Å²) < 4.78 is 33.2. The molecule has 1 aromatic heterocycles. The van der Waals surface area contributed by atoms with Crippen LogP contribution in [-0.2, 0) is 40.8 Å². The van der Waals surface area contributed by atoms with Crippen molar-refractivity contribution in [3.05, 3.63) is 112 Å². The zero-order valence-corrected chi connectivity index (χ0v) is 26.0. The Morgan fingerprint density at radius 2 is 1.85 bits per heavy atom. The molecule has 1 N–H and O–H groups in total. The minimum absolute atomic E-state index is 0.0474. The molecule has 3 aliphatic rings. The van der Waals surface area contributed by atoms with E-state index in [4.69, 9.17) is 4.74 Å². The average molecular weight is 637 g/mol. The summed E-state index contributed by atoms with van der Waals surface area (Å²) in [5.74, 6) is -1.67. The molecule has 1 saturated heterocycles. The Bertz CT molecular complexity index is 2070. The number of likely N-dealkylation sites (tertiary alicyclic amines) is 1. The number of ether oxygens (including phenoxy) is 1. The molecule has 3 aliphatic heterocycles. The largest absolute Gasteiger partial charge is 0.506 e. The lowest BCUT2D eigenvalue weighted by Crippen LogP contribution is -2.35. The molecule has 10 nitrogen and oxygen atoms in total. The maximum absolute atomic E-state index is 12.9. The fourth-order valence-corrected chi connectivity index (χ4v) is 7.65. The van der Waals surface area contributed by atoms with Crippen LogP contribution in [0.25, 0.3) is 17.0 Å². The summed E-state index contributed by atoms with van der Waals surface area (Å²) in [5.41, 5.74) is 4.71. The monoisotopic (exact) mass is 636 g/mol. The van der Waals surface area contributed by atoms with Crippen molar-refractivity contribution < 1.29 is 37.2 Å². The number of benzene rings is 2. The van der Waals surface area contributed by atoms with E-state index < -0.39 is 21.2 Å². The third-order valence-corrected chi connectivity index (χ3v) is 10.4. The first kappa shape index (κ1) is 30.7. The van der Waals surface area contributed by atoms with Crippen molar-refractivity contribution in [1.29, 1.82) is 5.26 Å². The normalized spacial score (nSPS) is 17.7. The second-order valence-electron chi connectivity index (χ2n) is 11.8. The number of imide groups is 1. The van der Waals surface area contributed by atoms with Crippen LogP contribution in [0, 0.1) is 11.3 Å². The number of allylic oxidation sites excluding steroid dienone is 4. The second kappa shape index (κ2) is 11.5. The number of aliphatic hydroxyl groups is 1. The average Bonchev–Trinajstić information content (AvgIpc) is 3.54. The van der Waals surface area contributed by atoms with Crippen molar-refractivity contribution in [2.24, 2.45) is 0 Å². The lowest BCUT2D eigenvalue weighted by Gasteiger charge is -2.16. The number of aromatic nitrogens is 1. The summed E-state index contributed by atoms with van der Waals surface area (Å²) in [6.07, 6.45) is 6.86. The van der Waals surface area contributed by atoms with Gasteiger partial charge >= 0.3 is 5.97 Å². The zero-order chi connectivity index (χ0) is 32.8. The third kappa shape index (κ3) is 5.20. The molecule has 0 spiro atoms. The lowest BCUT2D eigenvalue weighted by atomic mass is 9.82. The standard InChI is InChI=1S/C35H29N3O7S/c1-35(2)26-18-22(15-17-45-33(41)21-38-31(39)12-13-32(38)40)10-11-27(26)37-16-14-23(19-30(35)37)24(20-36)6-5-9-29-34(42)25-7-3-4-8-28(25)46(29,43)44/h3-11,14,16,18-19H,12-13,15,17,21H2,1-2H3/p+1. The number of nitriles is 1. The van der Waals surface area contributed by atoms with Gasteiger partial charge in [-0.25, -0.2) is 8.42 Å². The van der Waals surface area contributed by atoms with Crippen molar-refractivity contribution in [2.75, 3.05) is 13.2 Å². The number of carbonyl (C=O) groups is 3. The molecule has 0 saturated carbocycles. The Labute approximate surface area is 266 Å². The van der Waals surface area contributed by atoms with Crippen LogP contribution in [0.15, 0.2) is 88.8 Å².